The minimum atomic E-state index is -4.54. The standard InChI is InChI=1S/C11H11F3O2/c1-2-7(10(15)16)8-5-3-4-6-9(8)11(12,13)14/h3-7H,2H2,1H3,(H,15,16)/p-1. The molecule has 5 heteroatoms. The number of carbonyl (C=O) groups excluding carboxylic acids is 1. The van der Waals surface area contributed by atoms with Gasteiger partial charge in [-0.15, -0.1) is 0 Å². The van der Waals surface area contributed by atoms with Crippen LogP contribution in [0.3, 0.4) is 0 Å². The first-order chi connectivity index (χ1) is 7.38. The SMILES string of the molecule is CCC(C(=O)[O-])c1ccccc1C(F)(F)F. The van der Waals surface area contributed by atoms with Gasteiger partial charge in [0.05, 0.1) is 5.56 Å². The van der Waals surface area contributed by atoms with Gasteiger partial charge in [0.1, 0.15) is 0 Å². The van der Waals surface area contributed by atoms with Gasteiger partial charge in [0, 0.05) is 11.9 Å². The lowest BCUT2D eigenvalue weighted by Gasteiger charge is -2.21. The minimum Gasteiger partial charge on any atom is -0.549 e. The van der Waals surface area contributed by atoms with Gasteiger partial charge in [-0.3, -0.25) is 0 Å². The van der Waals surface area contributed by atoms with Crippen molar-refractivity contribution in [3.8, 4) is 0 Å². The van der Waals surface area contributed by atoms with E-state index in [1.807, 2.05) is 0 Å². The Hall–Kier alpha value is -1.52. The Labute approximate surface area is 90.7 Å². The third-order valence-electron chi connectivity index (χ3n) is 2.33. The van der Waals surface area contributed by atoms with E-state index in [-0.39, 0.29) is 12.0 Å². The summed E-state index contributed by atoms with van der Waals surface area (Å²) in [6.45, 7) is 1.51. The molecule has 0 fully saturated rings. The van der Waals surface area contributed by atoms with Crippen LogP contribution in [0, 0.1) is 0 Å². The number of alkyl halides is 3. The highest BCUT2D eigenvalue weighted by atomic mass is 19.4. The van der Waals surface area contributed by atoms with Gasteiger partial charge in [-0.1, -0.05) is 25.1 Å². The van der Waals surface area contributed by atoms with Gasteiger partial charge >= 0.3 is 6.18 Å². The van der Waals surface area contributed by atoms with Crippen LogP contribution in [0.15, 0.2) is 24.3 Å². The molecule has 0 aromatic heterocycles. The second-order valence-corrected chi connectivity index (χ2v) is 3.36. The summed E-state index contributed by atoms with van der Waals surface area (Å²) in [5.74, 6) is -2.71. The van der Waals surface area contributed by atoms with Crippen molar-refractivity contribution < 1.29 is 23.1 Å². The van der Waals surface area contributed by atoms with Gasteiger partial charge in [-0.2, -0.15) is 13.2 Å². The molecule has 0 N–H and O–H groups in total. The van der Waals surface area contributed by atoms with E-state index in [9.17, 15) is 23.1 Å². The Morgan fingerprint density at radius 1 is 1.38 bits per heavy atom. The number of hydrogen-bond acceptors (Lipinski definition) is 2. The lowest BCUT2D eigenvalue weighted by atomic mass is 9.92. The summed E-state index contributed by atoms with van der Waals surface area (Å²) in [5.41, 5.74) is -1.15. The second-order valence-electron chi connectivity index (χ2n) is 3.36. The van der Waals surface area contributed by atoms with E-state index in [1.54, 1.807) is 0 Å². The van der Waals surface area contributed by atoms with E-state index in [4.69, 9.17) is 0 Å². The van der Waals surface area contributed by atoms with Crippen LogP contribution in [0.4, 0.5) is 13.2 Å². The van der Waals surface area contributed by atoms with Crippen LogP contribution in [-0.2, 0) is 11.0 Å². The first-order valence-electron chi connectivity index (χ1n) is 4.75. The molecule has 2 nitrogen and oxygen atoms in total. The number of aliphatic carboxylic acids is 1. The van der Waals surface area contributed by atoms with Gasteiger partial charge in [0.2, 0.25) is 0 Å². The first-order valence-corrected chi connectivity index (χ1v) is 4.75. The molecule has 1 rings (SSSR count). The van der Waals surface area contributed by atoms with Crippen LogP contribution in [-0.4, -0.2) is 5.97 Å². The fourth-order valence-corrected chi connectivity index (χ4v) is 1.57. The molecule has 0 bridgehead atoms. The van der Waals surface area contributed by atoms with Crippen molar-refractivity contribution >= 4 is 5.97 Å². The molecule has 1 atom stereocenters. The molecule has 0 aliphatic rings. The number of halogens is 3. The number of carbonyl (C=O) groups is 1. The van der Waals surface area contributed by atoms with E-state index in [1.165, 1.54) is 25.1 Å². The van der Waals surface area contributed by atoms with E-state index >= 15 is 0 Å². The van der Waals surface area contributed by atoms with Crippen LogP contribution in [0.2, 0.25) is 0 Å². The Balaban J connectivity index is 3.27. The molecule has 0 aliphatic carbocycles. The predicted molar refractivity (Wildman–Crippen MR) is 49.5 cm³/mol. The Bertz CT molecular complexity index is 385. The number of carboxylic acid groups (broad SMARTS) is 1. The number of hydrogen-bond donors (Lipinski definition) is 0. The lowest BCUT2D eigenvalue weighted by Crippen LogP contribution is -2.30. The van der Waals surface area contributed by atoms with Gasteiger partial charge < -0.3 is 9.90 Å². The molecule has 0 saturated heterocycles. The molecule has 1 aromatic carbocycles. The predicted octanol–water partition coefficient (Wildman–Crippen LogP) is 1.95. The van der Waals surface area contributed by atoms with Crippen molar-refractivity contribution in [3.63, 3.8) is 0 Å². The van der Waals surface area contributed by atoms with Crippen molar-refractivity contribution in [2.45, 2.75) is 25.4 Å². The van der Waals surface area contributed by atoms with Crippen LogP contribution < -0.4 is 5.11 Å². The van der Waals surface area contributed by atoms with Crippen LogP contribution in [0.5, 0.6) is 0 Å². The molecule has 1 aromatic rings. The molecule has 0 heterocycles. The fraction of sp³-hybridized carbons (Fsp3) is 0.364. The Kier molecular flexibility index (Phi) is 3.57. The molecule has 1 unspecified atom stereocenters. The van der Waals surface area contributed by atoms with Crippen molar-refractivity contribution in [1.29, 1.82) is 0 Å². The monoisotopic (exact) mass is 231 g/mol. The van der Waals surface area contributed by atoms with E-state index < -0.39 is 23.6 Å². The maximum atomic E-state index is 12.6. The highest BCUT2D eigenvalue weighted by Gasteiger charge is 2.34. The molecule has 88 valence electrons. The summed E-state index contributed by atoms with van der Waals surface area (Å²) in [5, 5.41) is 10.7. The minimum absolute atomic E-state index is 0.0649. The summed E-state index contributed by atoms with van der Waals surface area (Å²) >= 11 is 0. The normalized spacial score (nSPS) is 13.5. The summed E-state index contributed by atoms with van der Waals surface area (Å²) in [6, 6.07) is 4.66. The average Bonchev–Trinajstić information content (AvgIpc) is 2.17. The van der Waals surface area contributed by atoms with Gasteiger partial charge in [-0.25, -0.2) is 0 Å². The third-order valence-corrected chi connectivity index (χ3v) is 2.33. The highest BCUT2D eigenvalue weighted by Crippen LogP contribution is 2.35. The molecule has 0 amide bonds. The Morgan fingerprint density at radius 2 is 1.94 bits per heavy atom. The molecular weight excluding hydrogens is 221 g/mol. The van der Waals surface area contributed by atoms with E-state index in [0.29, 0.717) is 0 Å². The van der Waals surface area contributed by atoms with Crippen LogP contribution in [0.25, 0.3) is 0 Å². The zero-order chi connectivity index (χ0) is 12.3. The van der Waals surface area contributed by atoms with Gasteiger partial charge in [0.15, 0.2) is 0 Å². The van der Waals surface area contributed by atoms with E-state index in [0.717, 1.165) is 6.07 Å². The summed E-state index contributed by atoms with van der Waals surface area (Å²) < 4.78 is 37.8. The second kappa shape index (κ2) is 4.55. The van der Waals surface area contributed by atoms with Crippen molar-refractivity contribution in [2.24, 2.45) is 0 Å². The maximum absolute atomic E-state index is 12.6. The molecule has 16 heavy (non-hydrogen) atoms. The summed E-state index contributed by atoms with van der Waals surface area (Å²) in [6.07, 6.45) is -4.48. The third kappa shape index (κ3) is 2.53. The number of carboxylic acids is 1. The molecule has 0 radical (unpaired) electrons. The maximum Gasteiger partial charge on any atom is 0.416 e. The lowest BCUT2D eigenvalue weighted by molar-refractivity contribution is -0.308. The van der Waals surface area contributed by atoms with Crippen molar-refractivity contribution in [2.75, 3.05) is 0 Å². The van der Waals surface area contributed by atoms with E-state index in [2.05, 4.69) is 0 Å². The van der Waals surface area contributed by atoms with Gasteiger partial charge in [-0.05, 0) is 18.1 Å². The average molecular weight is 231 g/mol. The summed E-state index contributed by atoms with van der Waals surface area (Å²) in [7, 11) is 0. The molecular formula is C11H10F3O2-. The topological polar surface area (TPSA) is 40.1 Å². The number of benzene rings is 1. The summed E-state index contributed by atoms with van der Waals surface area (Å²) in [4.78, 5) is 10.7. The molecule has 0 spiro atoms. The smallest absolute Gasteiger partial charge is 0.416 e. The zero-order valence-corrected chi connectivity index (χ0v) is 8.54. The van der Waals surface area contributed by atoms with Gasteiger partial charge in [0.25, 0.3) is 0 Å². The molecule has 0 aliphatic heterocycles. The molecule has 0 saturated carbocycles. The Morgan fingerprint density at radius 3 is 2.38 bits per heavy atom. The zero-order valence-electron chi connectivity index (χ0n) is 8.54. The van der Waals surface area contributed by atoms with Crippen molar-refractivity contribution in [1.82, 2.24) is 0 Å². The first kappa shape index (κ1) is 12.5. The number of rotatable bonds is 3. The fourth-order valence-electron chi connectivity index (χ4n) is 1.57. The van der Waals surface area contributed by atoms with Crippen LogP contribution >= 0.6 is 0 Å². The van der Waals surface area contributed by atoms with Crippen molar-refractivity contribution in [3.05, 3.63) is 35.4 Å². The quantitative estimate of drug-likeness (QED) is 0.797. The van der Waals surface area contributed by atoms with Crippen LogP contribution in [0.1, 0.15) is 30.4 Å². The largest absolute Gasteiger partial charge is 0.549 e. The highest BCUT2D eigenvalue weighted by molar-refractivity contribution is 5.74.